The fourth-order valence-corrected chi connectivity index (χ4v) is 2.70. The van der Waals surface area contributed by atoms with Gasteiger partial charge >= 0.3 is 11.8 Å². The zero-order valence-electron chi connectivity index (χ0n) is 14.6. The van der Waals surface area contributed by atoms with E-state index >= 15 is 0 Å². The summed E-state index contributed by atoms with van der Waals surface area (Å²) in [6.45, 7) is 0. The van der Waals surface area contributed by atoms with Crippen molar-refractivity contribution in [3.05, 3.63) is 82.3 Å². The third kappa shape index (κ3) is 3.54. The quantitative estimate of drug-likeness (QED) is 0.402. The summed E-state index contributed by atoms with van der Waals surface area (Å²) in [6.07, 6.45) is 1.49. The summed E-state index contributed by atoms with van der Waals surface area (Å²) in [5, 5.41) is 11.2. The standard InChI is InChI=1S/C19H12N4O6/c24-18(21-22-19(25)16-7-8-17(29-16)23(26)27)12-10-14(15-6-3-9-28-15)20-13-5-2-1-4-11(12)13/h1-10H,(H,21,24)(H,22,25). The molecule has 2 amide bonds. The van der Waals surface area contributed by atoms with E-state index in [1.807, 2.05) is 0 Å². The number of para-hydroxylation sites is 1. The molecule has 0 aliphatic heterocycles. The number of carbonyl (C=O) groups is 2. The van der Waals surface area contributed by atoms with Crippen LogP contribution in [0.4, 0.5) is 5.88 Å². The normalized spacial score (nSPS) is 10.6. The zero-order valence-corrected chi connectivity index (χ0v) is 14.6. The van der Waals surface area contributed by atoms with Crippen molar-refractivity contribution in [1.29, 1.82) is 0 Å². The van der Waals surface area contributed by atoms with Crippen LogP contribution in [0.25, 0.3) is 22.4 Å². The number of benzene rings is 1. The number of hydrogen-bond donors (Lipinski definition) is 2. The molecule has 0 bridgehead atoms. The molecule has 144 valence electrons. The van der Waals surface area contributed by atoms with Gasteiger partial charge in [-0.15, -0.1) is 0 Å². The topological polar surface area (TPSA) is 141 Å². The molecule has 0 aliphatic carbocycles. The highest BCUT2D eigenvalue weighted by Crippen LogP contribution is 2.25. The van der Waals surface area contributed by atoms with Crippen molar-refractivity contribution in [2.45, 2.75) is 0 Å². The second-order valence-corrected chi connectivity index (χ2v) is 5.85. The molecular weight excluding hydrogens is 380 g/mol. The number of hydrogen-bond acceptors (Lipinski definition) is 7. The fourth-order valence-electron chi connectivity index (χ4n) is 2.70. The van der Waals surface area contributed by atoms with E-state index in [0.29, 0.717) is 22.4 Å². The van der Waals surface area contributed by atoms with E-state index in [4.69, 9.17) is 8.83 Å². The van der Waals surface area contributed by atoms with E-state index in [1.54, 1.807) is 42.5 Å². The van der Waals surface area contributed by atoms with E-state index in [9.17, 15) is 19.7 Å². The Bertz CT molecular complexity index is 1230. The predicted octanol–water partition coefficient (Wildman–Crippen LogP) is 3.07. The van der Waals surface area contributed by atoms with Crippen LogP contribution in [-0.2, 0) is 0 Å². The lowest BCUT2D eigenvalue weighted by Gasteiger charge is -2.10. The summed E-state index contributed by atoms with van der Waals surface area (Å²) in [4.78, 5) is 39.1. The van der Waals surface area contributed by atoms with E-state index in [2.05, 4.69) is 15.8 Å². The average molecular weight is 392 g/mol. The number of furan rings is 2. The highest BCUT2D eigenvalue weighted by Gasteiger charge is 2.19. The Morgan fingerprint density at radius 2 is 1.79 bits per heavy atom. The Kier molecular flexibility index (Phi) is 4.49. The van der Waals surface area contributed by atoms with Crippen LogP contribution in [0.1, 0.15) is 20.9 Å². The number of nitrogens with zero attached hydrogens (tertiary/aromatic N) is 2. The number of pyridine rings is 1. The van der Waals surface area contributed by atoms with Gasteiger partial charge in [-0.25, -0.2) is 4.98 Å². The minimum Gasteiger partial charge on any atom is -0.463 e. The molecule has 4 rings (SSSR count). The molecule has 0 saturated carbocycles. The van der Waals surface area contributed by atoms with Gasteiger partial charge in [0.25, 0.3) is 5.91 Å². The first-order chi connectivity index (χ1) is 14.0. The first-order valence-corrected chi connectivity index (χ1v) is 8.31. The molecule has 0 atom stereocenters. The van der Waals surface area contributed by atoms with Crippen molar-refractivity contribution in [3.8, 4) is 11.5 Å². The summed E-state index contributed by atoms with van der Waals surface area (Å²) in [5.41, 5.74) is 5.72. The summed E-state index contributed by atoms with van der Waals surface area (Å²) < 4.78 is 10.1. The minimum atomic E-state index is -0.837. The van der Waals surface area contributed by atoms with Gasteiger partial charge in [0.2, 0.25) is 5.76 Å². The van der Waals surface area contributed by atoms with Crippen LogP contribution in [0, 0.1) is 10.1 Å². The number of hydrazine groups is 1. The highest BCUT2D eigenvalue weighted by atomic mass is 16.6. The van der Waals surface area contributed by atoms with Gasteiger partial charge in [0.05, 0.1) is 23.4 Å². The Hall–Kier alpha value is -4.47. The Labute approximate surface area is 162 Å². The van der Waals surface area contributed by atoms with E-state index in [0.717, 1.165) is 12.1 Å². The Morgan fingerprint density at radius 1 is 1.00 bits per heavy atom. The molecule has 1 aromatic carbocycles. The van der Waals surface area contributed by atoms with Gasteiger partial charge in [0.1, 0.15) is 10.6 Å². The van der Waals surface area contributed by atoms with E-state index in [1.165, 1.54) is 6.26 Å². The number of nitrogens with one attached hydrogen (secondary N) is 2. The molecule has 0 spiro atoms. The van der Waals surface area contributed by atoms with Crippen molar-refractivity contribution >= 4 is 28.6 Å². The second-order valence-electron chi connectivity index (χ2n) is 5.85. The minimum absolute atomic E-state index is 0.257. The lowest BCUT2D eigenvalue weighted by Crippen LogP contribution is -2.41. The van der Waals surface area contributed by atoms with Crippen LogP contribution in [-0.4, -0.2) is 21.7 Å². The summed E-state index contributed by atoms with van der Waals surface area (Å²) in [7, 11) is 0. The van der Waals surface area contributed by atoms with Gasteiger partial charge in [-0.2, -0.15) is 0 Å². The molecule has 29 heavy (non-hydrogen) atoms. The first kappa shape index (κ1) is 17.9. The van der Waals surface area contributed by atoms with Gasteiger partial charge in [0, 0.05) is 5.39 Å². The maximum absolute atomic E-state index is 12.7. The molecule has 0 radical (unpaired) electrons. The largest absolute Gasteiger partial charge is 0.463 e. The van der Waals surface area contributed by atoms with E-state index < -0.39 is 22.6 Å². The number of rotatable bonds is 4. The third-order valence-electron chi connectivity index (χ3n) is 4.02. The van der Waals surface area contributed by atoms with Crippen molar-refractivity contribution in [2.24, 2.45) is 0 Å². The van der Waals surface area contributed by atoms with E-state index in [-0.39, 0.29) is 11.3 Å². The van der Waals surface area contributed by atoms with Crippen molar-refractivity contribution < 1.29 is 23.3 Å². The molecule has 10 heteroatoms. The molecule has 0 unspecified atom stereocenters. The third-order valence-corrected chi connectivity index (χ3v) is 4.02. The predicted molar refractivity (Wildman–Crippen MR) is 99.7 cm³/mol. The second kappa shape index (κ2) is 7.27. The number of fused-ring (bicyclic) bond motifs is 1. The molecular formula is C19H12N4O6. The molecule has 0 saturated heterocycles. The molecule has 3 aromatic heterocycles. The van der Waals surface area contributed by atoms with Crippen LogP contribution in [0.15, 0.2) is 69.7 Å². The zero-order chi connectivity index (χ0) is 20.4. The first-order valence-electron chi connectivity index (χ1n) is 8.31. The highest BCUT2D eigenvalue weighted by molar-refractivity contribution is 6.07. The van der Waals surface area contributed by atoms with Gasteiger partial charge in [0.15, 0.2) is 5.76 Å². The maximum Gasteiger partial charge on any atom is 0.433 e. The fraction of sp³-hybridized carbons (Fsp3) is 0. The summed E-state index contributed by atoms with van der Waals surface area (Å²) in [5.74, 6) is -1.85. The van der Waals surface area contributed by atoms with Crippen LogP contribution < -0.4 is 10.9 Å². The molecule has 2 N–H and O–H groups in total. The van der Waals surface area contributed by atoms with Gasteiger partial charge in [-0.05, 0) is 30.3 Å². The molecule has 4 aromatic rings. The number of aromatic nitrogens is 1. The Morgan fingerprint density at radius 3 is 2.52 bits per heavy atom. The molecule has 3 heterocycles. The maximum atomic E-state index is 12.7. The SMILES string of the molecule is O=C(NNC(=O)c1cc(-c2ccco2)nc2ccccc12)c1ccc([N+](=O)[O-])o1. The number of amides is 2. The smallest absolute Gasteiger partial charge is 0.433 e. The van der Waals surface area contributed by atoms with Gasteiger partial charge in [-0.3, -0.25) is 30.6 Å². The van der Waals surface area contributed by atoms with Crippen LogP contribution in [0.3, 0.4) is 0 Å². The van der Waals surface area contributed by atoms with Crippen LogP contribution >= 0.6 is 0 Å². The Balaban J connectivity index is 1.59. The lowest BCUT2D eigenvalue weighted by atomic mass is 10.1. The summed E-state index contributed by atoms with van der Waals surface area (Å²) >= 11 is 0. The summed E-state index contributed by atoms with van der Waals surface area (Å²) in [6, 6.07) is 14.2. The number of nitro groups is 1. The molecule has 10 nitrogen and oxygen atoms in total. The average Bonchev–Trinajstić information content (AvgIpc) is 3.43. The molecule has 0 aliphatic rings. The van der Waals surface area contributed by atoms with Crippen LogP contribution in [0.2, 0.25) is 0 Å². The lowest BCUT2D eigenvalue weighted by molar-refractivity contribution is -0.402. The molecule has 0 fully saturated rings. The van der Waals surface area contributed by atoms with Crippen molar-refractivity contribution in [3.63, 3.8) is 0 Å². The van der Waals surface area contributed by atoms with Crippen LogP contribution in [0.5, 0.6) is 0 Å². The van der Waals surface area contributed by atoms with Gasteiger partial charge < -0.3 is 8.83 Å². The number of carbonyl (C=O) groups excluding carboxylic acids is 2. The van der Waals surface area contributed by atoms with Gasteiger partial charge in [-0.1, -0.05) is 18.2 Å². The van der Waals surface area contributed by atoms with Crippen molar-refractivity contribution in [1.82, 2.24) is 15.8 Å². The van der Waals surface area contributed by atoms with Crippen molar-refractivity contribution in [2.75, 3.05) is 0 Å². The monoisotopic (exact) mass is 392 g/mol.